The molecule has 0 fully saturated rings. The lowest BCUT2D eigenvalue weighted by molar-refractivity contribution is -0.117. The van der Waals surface area contributed by atoms with E-state index in [0.717, 1.165) is 0 Å². The first-order chi connectivity index (χ1) is 8.60. The highest BCUT2D eigenvalue weighted by Gasteiger charge is 2.12. The number of rotatable bonds is 3. The monoisotopic (exact) mass is 243 g/mol. The summed E-state index contributed by atoms with van der Waals surface area (Å²) in [4.78, 5) is 15.8. The van der Waals surface area contributed by atoms with Crippen molar-refractivity contribution >= 4 is 22.7 Å². The molecular weight excluding hydrogens is 230 g/mol. The van der Waals surface area contributed by atoms with Crippen LogP contribution in [0.15, 0.2) is 22.6 Å². The number of carbonyl (C=O) groups excluding carboxylic acids is 1. The molecule has 0 saturated carbocycles. The highest BCUT2D eigenvalue weighted by atomic mass is 16.3. The number of hydrogen-bond donors (Lipinski definition) is 2. The van der Waals surface area contributed by atoms with Crippen molar-refractivity contribution in [3.8, 4) is 12.3 Å². The zero-order chi connectivity index (χ0) is 13.1. The van der Waals surface area contributed by atoms with E-state index < -0.39 is 6.04 Å². The number of hydrogen-bond acceptors (Lipinski definition) is 4. The van der Waals surface area contributed by atoms with Gasteiger partial charge in [0, 0.05) is 19.0 Å². The third-order valence-corrected chi connectivity index (χ3v) is 2.44. The van der Waals surface area contributed by atoms with E-state index >= 15 is 0 Å². The molecule has 18 heavy (non-hydrogen) atoms. The third-order valence-electron chi connectivity index (χ3n) is 2.44. The van der Waals surface area contributed by atoms with E-state index in [1.807, 2.05) is 0 Å². The molecule has 5 nitrogen and oxygen atoms in total. The molecule has 1 amide bonds. The maximum Gasteiger partial charge on any atom is 0.242 e. The second-order valence-electron chi connectivity index (χ2n) is 3.92. The number of carbonyl (C=O) groups is 1. The van der Waals surface area contributed by atoms with Crippen LogP contribution in [0.3, 0.4) is 0 Å². The molecule has 1 aromatic carbocycles. The van der Waals surface area contributed by atoms with Crippen molar-refractivity contribution < 1.29 is 9.21 Å². The van der Waals surface area contributed by atoms with Crippen molar-refractivity contribution in [2.45, 2.75) is 19.4 Å². The summed E-state index contributed by atoms with van der Waals surface area (Å²) in [5, 5.41) is 2.69. The van der Waals surface area contributed by atoms with Gasteiger partial charge in [-0.3, -0.25) is 4.79 Å². The topological polar surface area (TPSA) is 81.2 Å². The Morgan fingerprint density at radius 1 is 1.67 bits per heavy atom. The molecule has 92 valence electrons. The normalized spacial score (nSPS) is 12.1. The molecule has 0 aliphatic carbocycles. The molecule has 2 aromatic rings. The SMILES string of the molecule is C#CCC(N)C(=O)Nc1ccc2oc(C)nc2c1. The number of aryl methyl sites for hydroxylation is 1. The first-order valence-electron chi connectivity index (χ1n) is 5.47. The molecule has 1 unspecified atom stereocenters. The van der Waals surface area contributed by atoms with Crippen LogP contribution in [0.25, 0.3) is 11.1 Å². The largest absolute Gasteiger partial charge is 0.441 e. The van der Waals surface area contributed by atoms with Gasteiger partial charge < -0.3 is 15.5 Å². The van der Waals surface area contributed by atoms with Crippen LogP contribution in [0.1, 0.15) is 12.3 Å². The van der Waals surface area contributed by atoms with Crippen molar-refractivity contribution in [2.75, 3.05) is 5.32 Å². The van der Waals surface area contributed by atoms with E-state index in [1.54, 1.807) is 25.1 Å². The molecule has 0 bridgehead atoms. The summed E-state index contributed by atoms with van der Waals surface area (Å²) in [6.45, 7) is 1.76. The maximum atomic E-state index is 11.7. The van der Waals surface area contributed by atoms with Gasteiger partial charge in [0.05, 0.1) is 6.04 Å². The van der Waals surface area contributed by atoms with E-state index in [4.69, 9.17) is 16.6 Å². The van der Waals surface area contributed by atoms with Crippen molar-refractivity contribution in [3.63, 3.8) is 0 Å². The highest BCUT2D eigenvalue weighted by molar-refractivity contribution is 5.96. The van der Waals surface area contributed by atoms with Gasteiger partial charge >= 0.3 is 0 Å². The Morgan fingerprint density at radius 2 is 2.44 bits per heavy atom. The Hall–Kier alpha value is -2.32. The quantitative estimate of drug-likeness (QED) is 0.799. The Kier molecular flexibility index (Phi) is 3.31. The molecular formula is C13H13N3O2. The van der Waals surface area contributed by atoms with Crippen LogP contribution in [0.4, 0.5) is 5.69 Å². The first kappa shape index (κ1) is 12.1. The number of nitrogens with two attached hydrogens (primary N) is 1. The second kappa shape index (κ2) is 4.90. The second-order valence-corrected chi connectivity index (χ2v) is 3.92. The smallest absolute Gasteiger partial charge is 0.242 e. The van der Waals surface area contributed by atoms with Gasteiger partial charge in [-0.2, -0.15) is 0 Å². The van der Waals surface area contributed by atoms with E-state index in [9.17, 15) is 4.79 Å². The Bertz CT molecular complexity index is 625. The van der Waals surface area contributed by atoms with Crippen LogP contribution in [0.5, 0.6) is 0 Å². The number of terminal acetylenes is 1. The average molecular weight is 243 g/mol. The lowest BCUT2D eigenvalue weighted by atomic mass is 10.2. The number of nitrogens with one attached hydrogen (secondary N) is 1. The van der Waals surface area contributed by atoms with Crippen LogP contribution < -0.4 is 11.1 Å². The minimum atomic E-state index is -0.704. The van der Waals surface area contributed by atoms with Gasteiger partial charge in [0.25, 0.3) is 0 Å². The Balaban J connectivity index is 2.17. The standard InChI is InChI=1S/C13H13N3O2/c1-3-4-10(14)13(17)16-9-5-6-12-11(7-9)15-8(2)18-12/h1,5-7,10H,4,14H2,2H3,(H,16,17). The van der Waals surface area contributed by atoms with Crippen molar-refractivity contribution in [1.29, 1.82) is 0 Å². The van der Waals surface area contributed by atoms with E-state index in [0.29, 0.717) is 22.7 Å². The number of oxazole rings is 1. The number of aromatic nitrogens is 1. The van der Waals surface area contributed by atoms with Gasteiger partial charge in [-0.05, 0) is 18.2 Å². The first-order valence-corrected chi connectivity index (χ1v) is 5.47. The molecule has 5 heteroatoms. The molecule has 0 saturated heterocycles. The van der Waals surface area contributed by atoms with Crippen LogP contribution >= 0.6 is 0 Å². The lowest BCUT2D eigenvalue weighted by Gasteiger charge is -2.09. The molecule has 1 aromatic heterocycles. The molecule has 0 radical (unpaired) electrons. The van der Waals surface area contributed by atoms with Crippen LogP contribution in [0, 0.1) is 19.3 Å². The van der Waals surface area contributed by atoms with Gasteiger partial charge in [-0.25, -0.2) is 4.98 Å². The van der Waals surface area contributed by atoms with Crippen molar-refractivity contribution in [1.82, 2.24) is 4.98 Å². The Morgan fingerprint density at radius 3 is 3.17 bits per heavy atom. The molecule has 1 heterocycles. The summed E-state index contributed by atoms with van der Waals surface area (Å²) in [6, 6.07) is 4.50. The molecule has 0 aliphatic rings. The van der Waals surface area contributed by atoms with Crippen LogP contribution in [-0.4, -0.2) is 16.9 Å². The number of anilines is 1. The summed E-state index contributed by atoms with van der Waals surface area (Å²) in [5.74, 6) is 2.62. The molecule has 1 atom stereocenters. The molecule has 2 rings (SSSR count). The number of fused-ring (bicyclic) bond motifs is 1. The maximum absolute atomic E-state index is 11.7. The van der Waals surface area contributed by atoms with Crippen LogP contribution in [0.2, 0.25) is 0 Å². The van der Waals surface area contributed by atoms with Gasteiger partial charge in [0.15, 0.2) is 11.5 Å². The zero-order valence-corrected chi connectivity index (χ0v) is 9.93. The van der Waals surface area contributed by atoms with E-state index in [2.05, 4.69) is 16.2 Å². The fourth-order valence-electron chi connectivity index (χ4n) is 1.58. The number of benzene rings is 1. The summed E-state index contributed by atoms with van der Waals surface area (Å²) < 4.78 is 5.34. The fourth-order valence-corrected chi connectivity index (χ4v) is 1.58. The third kappa shape index (κ3) is 2.50. The van der Waals surface area contributed by atoms with Gasteiger partial charge in [0.1, 0.15) is 5.52 Å². The molecule has 3 N–H and O–H groups in total. The predicted molar refractivity (Wildman–Crippen MR) is 68.8 cm³/mol. The molecule has 0 spiro atoms. The van der Waals surface area contributed by atoms with Crippen molar-refractivity contribution in [2.24, 2.45) is 5.73 Å². The van der Waals surface area contributed by atoms with Crippen LogP contribution in [-0.2, 0) is 4.79 Å². The summed E-state index contributed by atoms with van der Waals surface area (Å²) >= 11 is 0. The molecule has 0 aliphatic heterocycles. The lowest BCUT2D eigenvalue weighted by Crippen LogP contribution is -2.35. The zero-order valence-electron chi connectivity index (χ0n) is 9.93. The minimum absolute atomic E-state index is 0.206. The summed E-state index contributed by atoms with van der Waals surface area (Å²) in [7, 11) is 0. The minimum Gasteiger partial charge on any atom is -0.441 e. The average Bonchev–Trinajstić information content (AvgIpc) is 2.68. The summed E-state index contributed by atoms with van der Waals surface area (Å²) in [6.07, 6.45) is 5.31. The fraction of sp³-hybridized carbons (Fsp3) is 0.231. The van der Waals surface area contributed by atoms with Crippen molar-refractivity contribution in [3.05, 3.63) is 24.1 Å². The predicted octanol–water partition coefficient (Wildman–Crippen LogP) is 1.43. The summed E-state index contributed by atoms with van der Waals surface area (Å²) in [5.41, 5.74) is 7.59. The van der Waals surface area contributed by atoms with Gasteiger partial charge in [-0.1, -0.05) is 0 Å². The van der Waals surface area contributed by atoms with E-state index in [1.165, 1.54) is 0 Å². The number of nitrogens with zero attached hydrogens (tertiary/aromatic N) is 1. The van der Waals surface area contributed by atoms with Gasteiger partial charge in [0.2, 0.25) is 5.91 Å². The van der Waals surface area contributed by atoms with E-state index in [-0.39, 0.29) is 12.3 Å². The van der Waals surface area contributed by atoms with Gasteiger partial charge in [-0.15, -0.1) is 12.3 Å². The number of amides is 1. The highest BCUT2D eigenvalue weighted by Crippen LogP contribution is 2.19. The Labute approximate surface area is 104 Å².